The zero-order chi connectivity index (χ0) is 20.1. The van der Waals surface area contributed by atoms with Crippen molar-refractivity contribution in [2.45, 2.75) is 39.5 Å². The van der Waals surface area contributed by atoms with Gasteiger partial charge in [-0.3, -0.25) is 4.79 Å². The lowest BCUT2D eigenvalue weighted by Crippen LogP contribution is -2.50. The van der Waals surface area contributed by atoms with Crippen LogP contribution >= 0.6 is 0 Å². The Morgan fingerprint density at radius 1 is 0.964 bits per heavy atom. The molecule has 2 aromatic rings. The molecule has 2 heterocycles. The fourth-order valence-electron chi connectivity index (χ4n) is 3.64. The second-order valence-corrected chi connectivity index (χ2v) is 7.89. The molecule has 1 aromatic heterocycles. The van der Waals surface area contributed by atoms with Crippen molar-refractivity contribution in [3.63, 3.8) is 0 Å². The first-order chi connectivity index (χ1) is 13.5. The summed E-state index contributed by atoms with van der Waals surface area (Å²) < 4.78 is 0. The number of hydrogen-bond donors (Lipinski definition) is 1. The lowest BCUT2D eigenvalue weighted by Gasteiger charge is -2.35. The Bertz CT molecular complexity index is 757. The van der Waals surface area contributed by atoms with Gasteiger partial charge in [0.2, 0.25) is 11.9 Å². The van der Waals surface area contributed by atoms with Crippen LogP contribution in [0.15, 0.2) is 36.7 Å². The second kappa shape index (κ2) is 9.04. The second-order valence-electron chi connectivity index (χ2n) is 7.89. The number of hydrogen-bond acceptors (Lipinski definition) is 5. The minimum absolute atomic E-state index is 0.141. The fourth-order valence-corrected chi connectivity index (χ4v) is 3.64. The molecule has 1 N–H and O–H groups in total. The van der Waals surface area contributed by atoms with Crippen LogP contribution in [-0.2, 0) is 4.79 Å². The number of rotatable bonds is 6. The molecular weight excluding hydrogens is 350 g/mol. The summed E-state index contributed by atoms with van der Waals surface area (Å²) in [6, 6.07) is 8.24. The number of para-hydroxylation sites is 1. The number of nitrogens with one attached hydrogen (secondary N) is 1. The molecule has 6 nitrogen and oxygen atoms in total. The highest BCUT2D eigenvalue weighted by Crippen LogP contribution is 2.32. The first-order valence-electron chi connectivity index (χ1n) is 10.1. The lowest BCUT2D eigenvalue weighted by molar-refractivity contribution is -0.129. The molecule has 0 spiro atoms. The van der Waals surface area contributed by atoms with Gasteiger partial charge in [-0.2, -0.15) is 0 Å². The Morgan fingerprint density at radius 3 is 2.07 bits per heavy atom. The lowest BCUT2D eigenvalue weighted by atomic mass is 9.92. The number of nitrogens with zero attached hydrogens (tertiary/aromatic N) is 4. The van der Waals surface area contributed by atoms with E-state index in [0.717, 1.165) is 24.7 Å². The highest BCUT2D eigenvalue weighted by molar-refractivity contribution is 5.82. The van der Waals surface area contributed by atoms with Crippen LogP contribution in [0.2, 0.25) is 0 Å². The molecule has 0 unspecified atom stereocenters. The predicted octanol–water partition coefficient (Wildman–Crippen LogP) is 3.48. The van der Waals surface area contributed by atoms with Gasteiger partial charge in [0, 0.05) is 44.3 Å². The van der Waals surface area contributed by atoms with E-state index >= 15 is 0 Å². The summed E-state index contributed by atoms with van der Waals surface area (Å²) in [6.07, 6.45) is 3.50. The molecule has 28 heavy (non-hydrogen) atoms. The third kappa shape index (κ3) is 4.61. The standard InChI is InChI=1S/C22H31N5O/c1-16(2)18-7-5-8-19(17(3)4)21(18)25-15-20(28)26-11-13-27(14-12-26)22-23-9-6-10-24-22/h5-10,16-17,25H,11-15H2,1-4H3. The highest BCUT2D eigenvalue weighted by Gasteiger charge is 2.23. The van der Waals surface area contributed by atoms with Crippen LogP contribution in [0, 0.1) is 0 Å². The van der Waals surface area contributed by atoms with Gasteiger partial charge in [-0.1, -0.05) is 45.9 Å². The molecule has 1 fully saturated rings. The molecule has 1 saturated heterocycles. The molecule has 0 saturated carbocycles. The minimum atomic E-state index is 0.141. The molecule has 150 valence electrons. The fraction of sp³-hybridized carbons (Fsp3) is 0.500. The molecule has 6 heteroatoms. The van der Waals surface area contributed by atoms with Crippen LogP contribution < -0.4 is 10.2 Å². The van der Waals surface area contributed by atoms with Crippen LogP contribution in [-0.4, -0.2) is 53.5 Å². The van der Waals surface area contributed by atoms with Crippen molar-refractivity contribution < 1.29 is 4.79 Å². The Morgan fingerprint density at radius 2 is 1.54 bits per heavy atom. The number of amides is 1. The zero-order valence-electron chi connectivity index (χ0n) is 17.4. The molecule has 1 aliphatic rings. The molecular formula is C22H31N5O. The van der Waals surface area contributed by atoms with Crippen molar-refractivity contribution in [1.29, 1.82) is 0 Å². The topological polar surface area (TPSA) is 61.4 Å². The summed E-state index contributed by atoms with van der Waals surface area (Å²) in [5.74, 6) is 1.69. The van der Waals surface area contributed by atoms with E-state index in [1.54, 1.807) is 12.4 Å². The van der Waals surface area contributed by atoms with Crippen molar-refractivity contribution in [1.82, 2.24) is 14.9 Å². The number of carbonyl (C=O) groups excluding carboxylic acids is 1. The number of benzene rings is 1. The molecule has 1 amide bonds. The van der Waals surface area contributed by atoms with E-state index in [1.807, 2.05) is 11.0 Å². The Hall–Kier alpha value is -2.63. The van der Waals surface area contributed by atoms with Gasteiger partial charge in [0.1, 0.15) is 0 Å². The van der Waals surface area contributed by atoms with Crippen molar-refractivity contribution in [2.24, 2.45) is 0 Å². The van der Waals surface area contributed by atoms with Crippen molar-refractivity contribution in [3.05, 3.63) is 47.8 Å². The predicted molar refractivity (Wildman–Crippen MR) is 114 cm³/mol. The van der Waals surface area contributed by atoms with Crippen LogP contribution in [0.3, 0.4) is 0 Å². The number of piperazine rings is 1. The van der Waals surface area contributed by atoms with Gasteiger partial charge in [0.15, 0.2) is 0 Å². The summed E-state index contributed by atoms with van der Waals surface area (Å²) in [5.41, 5.74) is 3.66. The van der Waals surface area contributed by atoms with Crippen molar-refractivity contribution in [3.8, 4) is 0 Å². The minimum Gasteiger partial charge on any atom is -0.376 e. The van der Waals surface area contributed by atoms with Gasteiger partial charge in [-0.25, -0.2) is 9.97 Å². The summed E-state index contributed by atoms with van der Waals surface area (Å²) in [7, 11) is 0. The smallest absolute Gasteiger partial charge is 0.241 e. The van der Waals surface area contributed by atoms with E-state index in [4.69, 9.17) is 0 Å². The Balaban J connectivity index is 1.61. The number of carbonyl (C=O) groups is 1. The van der Waals surface area contributed by atoms with Gasteiger partial charge < -0.3 is 15.1 Å². The van der Waals surface area contributed by atoms with Crippen molar-refractivity contribution in [2.75, 3.05) is 42.9 Å². The van der Waals surface area contributed by atoms with Crippen LogP contribution in [0.1, 0.15) is 50.7 Å². The largest absolute Gasteiger partial charge is 0.376 e. The van der Waals surface area contributed by atoms with Gasteiger partial charge in [0.05, 0.1) is 6.54 Å². The summed E-state index contributed by atoms with van der Waals surface area (Å²) in [6.45, 7) is 12.0. The average Bonchev–Trinajstić information content (AvgIpc) is 2.72. The van der Waals surface area contributed by atoms with Gasteiger partial charge in [0.25, 0.3) is 0 Å². The quantitative estimate of drug-likeness (QED) is 0.830. The van der Waals surface area contributed by atoms with Gasteiger partial charge in [-0.15, -0.1) is 0 Å². The van der Waals surface area contributed by atoms with Crippen LogP contribution in [0.25, 0.3) is 0 Å². The summed E-state index contributed by atoms with van der Waals surface area (Å²) in [4.78, 5) is 25.4. The van der Waals surface area contributed by atoms with E-state index < -0.39 is 0 Å². The summed E-state index contributed by atoms with van der Waals surface area (Å²) >= 11 is 0. The van der Waals surface area contributed by atoms with Gasteiger partial charge in [-0.05, 0) is 29.0 Å². The first-order valence-corrected chi connectivity index (χ1v) is 10.1. The SMILES string of the molecule is CC(C)c1cccc(C(C)C)c1NCC(=O)N1CCN(c2ncccn2)CC1. The number of anilines is 2. The van der Waals surface area contributed by atoms with E-state index in [-0.39, 0.29) is 5.91 Å². The van der Waals surface area contributed by atoms with Gasteiger partial charge >= 0.3 is 0 Å². The molecule has 1 aliphatic heterocycles. The third-order valence-electron chi connectivity index (χ3n) is 5.26. The normalized spacial score (nSPS) is 14.6. The highest BCUT2D eigenvalue weighted by atomic mass is 16.2. The maximum Gasteiger partial charge on any atom is 0.241 e. The third-order valence-corrected chi connectivity index (χ3v) is 5.26. The monoisotopic (exact) mass is 381 g/mol. The van der Waals surface area contributed by atoms with E-state index in [1.165, 1.54) is 11.1 Å². The molecule has 1 aromatic carbocycles. The van der Waals surface area contributed by atoms with Crippen molar-refractivity contribution >= 4 is 17.5 Å². The average molecular weight is 382 g/mol. The molecule has 0 radical (unpaired) electrons. The Labute approximate surface area is 168 Å². The number of aromatic nitrogens is 2. The maximum absolute atomic E-state index is 12.8. The van der Waals surface area contributed by atoms with Crippen LogP contribution in [0.5, 0.6) is 0 Å². The zero-order valence-corrected chi connectivity index (χ0v) is 17.4. The molecule has 0 aliphatic carbocycles. The van der Waals surface area contributed by atoms with E-state index in [9.17, 15) is 4.79 Å². The molecule has 3 rings (SSSR count). The van der Waals surface area contributed by atoms with E-state index in [0.29, 0.717) is 31.5 Å². The van der Waals surface area contributed by atoms with E-state index in [2.05, 4.69) is 66.1 Å². The molecule has 0 bridgehead atoms. The Kier molecular flexibility index (Phi) is 6.49. The maximum atomic E-state index is 12.8. The first kappa shape index (κ1) is 20.1. The summed E-state index contributed by atoms with van der Waals surface area (Å²) in [5, 5.41) is 3.46. The molecule has 0 atom stereocenters. The van der Waals surface area contributed by atoms with Crippen LogP contribution in [0.4, 0.5) is 11.6 Å².